The fourth-order valence-corrected chi connectivity index (χ4v) is 3.18. The monoisotopic (exact) mass is 367 g/mol. The fraction of sp³-hybridized carbons (Fsp3) is 0.133. The lowest BCUT2D eigenvalue weighted by atomic mass is 10.3. The zero-order valence-corrected chi connectivity index (χ0v) is 14.3. The Bertz CT molecular complexity index is 882. The predicted octanol–water partition coefficient (Wildman–Crippen LogP) is 4.65. The summed E-state index contributed by atoms with van der Waals surface area (Å²) in [6.07, 6.45) is 0. The van der Waals surface area contributed by atoms with Gasteiger partial charge in [0, 0.05) is 0 Å². The molecule has 0 spiro atoms. The lowest BCUT2D eigenvalue weighted by Crippen LogP contribution is -2.14. The van der Waals surface area contributed by atoms with Gasteiger partial charge in [-0.2, -0.15) is 0 Å². The van der Waals surface area contributed by atoms with Crippen LogP contribution in [0.4, 0.5) is 5.13 Å². The van der Waals surface area contributed by atoms with Crippen molar-refractivity contribution in [3.05, 3.63) is 46.2 Å². The van der Waals surface area contributed by atoms with E-state index in [0.29, 0.717) is 11.7 Å². The first-order chi connectivity index (χ1) is 11.1. The summed E-state index contributed by atoms with van der Waals surface area (Å²) in [6, 6.07) is 8.62. The minimum absolute atomic E-state index is 0.0634. The molecule has 3 aromatic rings. The van der Waals surface area contributed by atoms with E-state index in [2.05, 4.69) is 15.3 Å². The van der Waals surface area contributed by atoms with Gasteiger partial charge in [0.25, 0.3) is 5.91 Å². The van der Waals surface area contributed by atoms with Crippen LogP contribution in [0.1, 0.15) is 17.4 Å². The molecule has 0 unspecified atom stereocenters. The van der Waals surface area contributed by atoms with E-state index in [4.69, 9.17) is 27.9 Å². The van der Waals surface area contributed by atoms with Crippen LogP contribution in [0.15, 0.2) is 30.3 Å². The largest absolute Gasteiger partial charge is 0.494 e. The third kappa shape index (κ3) is 3.55. The van der Waals surface area contributed by atoms with Crippen molar-refractivity contribution in [2.75, 3.05) is 11.9 Å². The first-order valence-corrected chi connectivity index (χ1v) is 8.31. The summed E-state index contributed by atoms with van der Waals surface area (Å²) in [7, 11) is 0. The number of amides is 1. The maximum atomic E-state index is 12.3. The number of halogens is 2. The average Bonchev–Trinajstić information content (AvgIpc) is 2.91. The van der Waals surface area contributed by atoms with Crippen molar-refractivity contribution in [3.8, 4) is 5.75 Å². The number of ether oxygens (including phenoxy) is 1. The Hall–Kier alpha value is -1.89. The number of pyridine rings is 1. The molecule has 1 N–H and O–H groups in total. The quantitative estimate of drug-likeness (QED) is 0.681. The zero-order valence-electron chi connectivity index (χ0n) is 12.0. The van der Waals surface area contributed by atoms with Crippen LogP contribution in [0.25, 0.3) is 10.2 Å². The van der Waals surface area contributed by atoms with Crippen molar-refractivity contribution in [1.29, 1.82) is 0 Å². The molecule has 0 aliphatic carbocycles. The highest BCUT2D eigenvalue weighted by Gasteiger charge is 2.15. The molecule has 2 heterocycles. The summed E-state index contributed by atoms with van der Waals surface area (Å²) < 4.78 is 6.37. The molecule has 0 atom stereocenters. The number of thiazole rings is 1. The van der Waals surface area contributed by atoms with Crippen molar-refractivity contribution in [2.24, 2.45) is 0 Å². The zero-order chi connectivity index (χ0) is 16.4. The fourth-order valence-electron chi connectivity index (χ4n) is 1.95. The molecule has 0 aliphatic heterocycles. The number of anilines is 1. The molecule has 1 amide bonds. The first kappa shape index (κ1) is 16.0. The number of nitrogens with one attached hydrogen (secondary N) is 1. The average molecular weight is 368 g/mol. The second-order valence-corrected chi connectivity index (χ2v) is 6.33. The molecule has 8 heteroatoms. The van der Waals surface area contributed by atoms with Crippen LogP contribution in [0.3, 0.4) is 0 Å². The minimum Gasteiger partial charge on any atom is -0.494 e. The molecular weight excluding hydrogens is 357 g/mol. The number of nitrogens with zero attached hydrogens (tertiary/aromatic N) is 2. The van der Waals surface area contributed by atoms with Crippen LogP contribution in [0, 0.1) is 0 Å². The van der Waals surface area contributed by atoms with Crippen molar-refractivity contribution in [1.82, 2.24) is 9.97 Å². The third-order valence-corrected chi connectivity index (χ3v) is 4.37. The summed E-state index contributed by atoms with van der Waals surface area (Å²) in [5.41, 5.74) is 0.840. The third-order valence-electron chi connectivity index (χ3n) is 2.92. The number of hydrogen-bond donors (Lipinski definition) is 1. The summed E-state index contributed by atoms with van der Waals surface area (Å²) in [6.45, 7) is 2.51. The Balaban J connectivity index is 1.86. The van der Waals surface area contributed by atoms with E-state index in [1.54, 1.807) is 0 Å². The molecule has 0 bridgehead atoms. The summed E-state index contributed by atoms with van der Waals surface area (Å²) in [4.78, 5) is 20.6. The number of fused-ring (bicyclic) bond motifs is 1. The molecule has 0 saturated carbocycles. The van der Waals surface area contributed by atoms with Crippen LogP contribution in [0.2, 0.25) is 10.2 Å². The Kier molecular flexibility index (Phi) is 4.66. The van der Waals surface area contributed by atoms with Gasteiger partial charge < -0.3 is 4.74 Å². The number of carbonyl (C=O) groups excluding carboxylic acids is 1. The molecular formula is C15H11Cl2N3O2S. The standard InChI is InChI=1S/C15H11Cl2N3O2S/c1-2-22-8-3-5-10-11(7-8)23-15(18-10)20-14(21)13-9(16)4-6-12(17)19-13/h3-7H,2H2,1H3,(H,18,20,21). The smallest absolute Gasteiger partial charge is 0.277 e. The van der Waals surface area contributed by atoms with Crippen LogP contribution in [-0.4, -0.2) is 22.5 Å². The lowest BCUT2D eigenvalue weighted by molar-refractivity contribution is 0.102. The Morgan fingerprint density at radius 1 is 1.26 bits per heavy atom. The highest BCUT2D eigenvalue weighted by atomic mass is 35.5. The molecule has 1 aromatic carbocycles. The van der Waals surface area contributed by atoms with Crippen molar-refractivity contribution >= 4 is 55.8 Å². The molecule has 0 saturated heterocycles. The maximum Gasteiger partial charge on any atom is 0.277 e. The normalized spacial score (nSPS) is 10.7. The maximum absolute atomic E-state index is 12.3. The van der Waals surface area contributed by atoms with E-state index in [1.165, 1.54) is 23.5 Å². The summed E-state index contributed by atoms with van der Waals surface area (Å²) in [5, 5.41) is 3.57. The van der Waals surface area contributed by atoms with E-state index in [0.717, 1.165) is 16.0 Å². The van der Waals surface area contributed by atoms with Gasteiger partial charge in [0.2, 0.25) is 0 Å². The Morgan fingerprint density at radius 2 is 2.09 bits per heavy atom. The highest BCUT2D eigenvalue weighted by molar-refractivity contribution is 7.22. The number of aromatic nitrogens is 2. The van der Waals surface area contributed by atoms with Gasteiger partial charge in [0.1, 0.15) is 16.6 Å². The van der Waals surface area contributed by atoms with Gasteiger partial charge in [0.15, 0.2) is 5.13 Å². The van der Waals surface area contributed by atoms with E-state index in [-0.39, 0.29) is 15.9 Å². The van der Waals surface area contributed by atoms with E-state index in [9.17, 15) is 4.79 Å². The molecule has 5 nitrogen and oxygen atoms in total. The van der Waals surface area contributed by atoms with E-state index in [1.807, 2.05) is 25.1 Å². The molecule has 23 heavy (non-hydrogen) atoms. The van der Waals surface area contributed by atoms with Crippen molar-refractivity contribution < 1.29 is 9.53 Å². The molecule has 3 rings (SSSR count). The number of rotatable bonds is 4. The molecule has 2 aromatic heterocycles. The van der Waals surface area contributed by atoms with E-state index < -0.39 is 5.91 Å². The topological polar surface area (TPSA) is 64.1 Å². The lowest BCUT2D eigenvalue weighted by Gasteiger charge is -2.03. The first-order valence-electron chi connectivity index (χ1n) is 6.73. The van der Waals surface area contributed by atoms with Gasteiger partial charge >= 0.3 is 0 Å². The van der Waals surface area contributed by atoms with Crippen LogP contribution in [-0.2, 0) is 0 Å². The van der Waals surface area contributed by atoms with Gasteiger partial charge in [-0.3, -0.25) is 10.1 Å². The van der Waals surface area contributed by atoms with Gasteiger partial charge in [-0.05, 0) is 37.3 Å². The Morgan fingerprint density at radius 3 is 2.87 bits per heavy atom. The predicted molar refractivity (Wildman–Crippen MR) is 93.0 cm³/mol. The van der Waals surface area contributed by atoms with Gasteiger partial charge in [-0.1, -0.05) is 34.5 Å². The minimum atomic E-state index is -0.457. The summed E-state index contributed by atoms with van der Waals surface area (Å²) in [5.74, 6) is 0.308. The Labute approximate surface area is 146 Å². The summed E-state index contributed by atoms with van der Waals surface area (Å²) >= 11 is 13.1. The van der Waals surface area contributed by atoms with Crippen LogP contribution in [0.5, 0.6) is 5.75 Å². The van der Waals surface area contributed by atoms with Crippen LogP contribution >= 0.6 is 34.5 Å². The van der Waals surface area contributed by atoms with Crippen molar-refractivity contribution in [3.63, 3.8) is 0 Å². The van der Waals surface area contributed by atoms with Crippen LogP contribution < -0.4 is 10.1 Å². The van der Waals surface area contributed by atoms with E-state index >= 15 is 0 Å². The van der Waals surface area contributed by atoms with Gasteiger partial charge in [-0.15, -0.1) is 0 Å². The molecule has 0 aliphatic rings. The highest BCUT2D eigenvalue weighted by Crippen LogP contribution is 2.30. The second kappa shape index (κ2) is 6.70. The van der Waals surface area contributed by atoms with Gasteiger partial charge in [-0.25, -0.2) is 9.97 Å². The number of carbonyl (C=O) groups is 1. The van der Waals surface area contributed by atoms with Gasteiger partial charge in [0.05, 0.1) is 21.8 Å². The molecule has 0 fully saturated rings. The molecule has 0 radical (unpaired) electrons. The SMILES string of the molecule is CCOc1ccc2nc(NC(=O)c3nc(Cl)ccc3Cl)sc2c1. The second-order valence-electron chi connectivity index (χ2n) is 4.50. The number of hydrogen-bond acceptors (Lipinski definition) is 5. The molecule has 118 valence electrons. The number of benzene rings is 1. The van der Waals surface area contributed by atoms with Crippen molar-refractivity contribution in [2.45, 2.75) is 6.92 Å².